The van der Waals surface area contributed by atoms with Gasteiger partial charge in [0.15, 0.2) is 0 Å². The van der Waals surface area contributed by atoms with E-state index in [1.54, 1.807) is 6.07 Å². The highest BCUT2D eigenvalue weighted by Crippen LogP contribution is 2.30. The lowest BCUT2D eigenvalue weighted by atomic mass is 10.1. The summed E-state index contributed by atoms with van der Waals surface area (Å²) < 4.78 is 0.855. The van der Waals surface area contributed by atoms with Crippen LogP contribution in [0.5, 0.6) is 0 Å². The summed E-state index contributed by atoms with van der Waals surface area (Å²) in [6.45, 7) is 3.81. The second-order valence-electron chi connectivity index (χ2n) is 4.97. The van der Waals surface area contributed by atoms with E-state index in [4.69, 9.17) is 5.73 Å². The first-order valence-electron chi connectivity index (χ1n) is 6.45. The number of hydrogen-bond donors (Lipinski definition) is 1. The van der Waals surface area contributed by atoms with E-state index >= 15 is 0 Å². The largest absolute Gasteiger partial charge is 0.399 e. The first-order chi connectivity index (χ1) is 8.60. The summed E-state index contributed by atoms with van der Waals surface area (Å²) in [5.74, 6) is 0.807. The van der Waals surface area contributed by atoms with Crippen molar-refractivity contribution in [3.05, 3.63) is 28.2 Å². The van der Waals surface area contributed by atoms with Crippen molar-refractivity contribution in [1.29, 1.82) is 0 Å². The molecule has 1 aromatic carbocycles. The van der Waals surface area contributed by atoms with Crippen LogP contribution >= 0.6 is 15.9 Å². The molecule has 1 amide bonds. The average Bonchev–Trinajstić information content (AvgIpc) is 3.10. The Hall–Kier alpha value is -1.03. The summed E-state index contributed by atoms with van der Waals surface area (Å²) in [6, 6.07) is 5.40. The third-order valence-electron chi connectivity index (χ3n) is 3.12. The highest BCUT2D eigenvalue weighted by Gasteiger charge is 2.27. The first-order valence-corrected chi connectivity index (χ1v) is 7.24. The van der Waals surface area contributed by atoms with Crippen molar-refractivity contribution in [2.45, 2.75) is 26.2 Å². The van der Waals surface area contributed by atoms with E-state index in [0.29, 0.717) is 17.2 Å². The van der Waals surface area contributed by atoms with E-state index in [-0.39, 0.29) is 5.91 Å². The van der Waals surface area contributed by atoms with Crippen molar-refractivity contribution in [2.75, 3.05) is 18.8 Å². The average molecular weight is 311 g/mol. The predicted molar refractivity (Wildman–Crippen MR) is 77.5 cm³/mol. The molecule has 1 aliphatic carbocycles. The van der Waals surface area contributed by atoms with Gasteiger partial charge in [-0.3, -0.25) is 4.79 Å². The monoisotopic (exact) mass is 310 g/mol. The Bertz CT molecular complexity index is 423. The molecule has 1 fully saturated rings. The fourth-order valence-electron chi connectivity index (χ4n) is 2.08. The van der Waals surface area contributed by atoms with Crippen molar-refractivity contribution < 1.29 is 4.79 Å². The van der Waals surface area contributed by atoms with Crippen LogP contribution in [-0.4, -0.2) is 23.9 Å². The number of carbonyl (C=O) groups excluding carboxylic acids is 1. The van der Waals surface area contributed by atoms with Crippen molar-refractivity contribution >= 4 is 27.5 Å². The predicted octanol–water partition coefficient (Wildman–Crippen LogP) is 3.29. The number of halogens is 1. The molecule has 0 aromatic heterocycles. The molecule has 0 unspecified atom stereocenters. The van der Waals surface area contributed by atoms with Gasteiger partial charge < -0.3 is 10.6 Å². The molecule has 0 saturated heterocycles. The highest BCUT2D eigenvalue weighted by atomic mass is 79.9. The lowest BCUT2D eigenvalue weighted by molar-refractivity contribution is 0.0747. The molecular formula is C14H19BrN2O. The van der Waals surface area contributed by atoms with E-state index < -0.39 is 0 Å². The number of nitrogen functional groups attached to an aromatic ring is 1. The SMILES string of the molecule is CCCN(CC1CC1)C(=O)c1cc(N)cc(Br)c1. The Morgan fingerprint density at radius 1 is 1.44 bits per heavy atom. The van der Waals surface area contributed by atoms with Gasteiger partial charge in [-0.2, -0.15) is 0 Å². The number of rotatable bonds is 5. The minimum Gasteiger partial charge on any atom is -0.399 e. The van der Waals surface area contributed by atoms with Gasteiger partial charge in [0.05, 0.1) is 0 Å². The van der Waals surface area contributed by atoms with Crippen molar-refractivity contribution in [3.8, 4) is 0 Å². The molecule has 1 aliphatic rings. The van der Waals surface area contributed by atoms with Gasteiger partial charge >= 0.3 is 0 Å². The fraction of sp³-hybridized carbons (Fsp3) is 0.500. The van der Waals surface area contributed by atoms with E-state index in [1.807, 2.05) is 17.0 Å². The van der Waals surface area contributed by atoms with Crippen molar-refractivity contribution in [1.82, 2.24) is 4.90 Å². The van der Waals surface area contributed by atoms with Crippen LogP contribution in [0.3, 0.4) is 0 Å². The van der Waals surface area contributed by atoms with Gasteiger partial charge in [0.1, 0.15) is 0 Å². The zero-order valence-corrected chi connectivity index (χ0v) is 12.2. The van der Waals surface area contributed by atoms with E-state index in [1.165, 1.54) is 12.8 Å². The normalized spacial score (nSPS) is 14.6. The zero-order chi connectivity index (χ0) is 13.1. The molecule has 0 bridgehead atoms. The highest BCUT2D eigenvalue weighted by molar-refractivity contribution is 9.10. The van der Waals surface area contributed by atoms with Crippen LogP contribution in [0.1, 0.15) is 36.5 Å². The minimum atomic E-state index is 0.0942. The quantitative estimate of drug-likeness (QED) is 0.848. The summed E-state index contributed by atoms with van der Waals surface area (Å²) in [6.07, 6.45) is 3.50. The Labute approximate surface area is 116 Å². The molecule has 0 heterocycles. The summed E-state index contributed by atoms with van der Waals surface area (Å²) in [5, 5.41) is 0. The molecule has 0 radical (unpaired) electrons. The topological polar surface area (TPSA) is 46.3 Å². The van der Waals surface area contributed by atoms with Gasteiger partial charge in [-0.15, -0.1) is 0 Å². The van der Waals surface area contributed by atoms with Gasteiger partial charge in [0.25, 0.3) is 5.91 Å². The Balaban J connectivity index is 2.14. The summed E-state index contributed by atoms with van der Waals surface area (Å²) in [5.41, 5.74) is 7.08. The molecule has 2 rings (SSSR count). The molecule has 0 spiro atoms. The molecule has 1 saturated carbocycles. The maximum absolute atomic E-state index is 12.5. The Kier molecular flexibility index (Phi) is 4.27. The minimum absolute atomic E-state index is 0.0942. The van der Waals surface area contributed by atoms with Crippen molar-refractivity contribution in [2.24, 2.45) is 5.92 Å². The van der Waals surface area contributed by atoms with E-state index in [9.17, 15) is 4.79 Å². The van der Waals surface area contributed by atoms with Crippen LogP contribution in [0, 0.1) is 5.92 Å². The smallest absolute Gasteiger partial charge is 0.253 e. The second kappa shape index (κ2) is 5.74. The number of nitrogens with zero attached hydrogens (tertiary/aromatic N) is 1. The van der Waals surface area contributed by atoms with Crippen LogP contribution < -0.4 is 5.73 Å². The fourth-order valence-corrected chi connectivity index (χ4v) is 2.59. The molecule has 1 aromatic rings. The molecule has 0 atom stereocenters. The van der Waals surface area contributed by atoms with Gasteiger partial charge in [-0.1, -0.05) is 22.9 Å². The van der Waals surface area contributed by atoms with Crippen LogP contribution in [0.2, 0.25) is 0 Å². The number of hydrogen-bond acceptors (Lipinski definition) is 2. The number of amides is 1. The number of benzene rings is 1. The van der Waals surface area contributed by atoms with Gasteiger partial charge in [0.2, 0.25) is 0 Å². The summed E-state index contributed by atoms with van der Waals surface area (Å²) in [4.78, 5) is 14.4. The maximum atomic E-state index is 12.5. The molecule has 2 N–H and O–H groups in total. The third-order valence-corrected chi connectivity index (χ3v) is 3.58. The van der Waals surface area contributed by atoms with Crippen LogP contribution in [-0.2, 0) is 0 Å². The second-order valence-corrected chi connectivity index (χ2v) is 5.88. The number of anilines is 1. The van der Waals surface area contributed by atoms with E-state index in [0.717, 1.165) is 24.0 Å². The molecule has 3 nitrogen and oxygen atoms in total. The zero-order valence-electron chi connectivity index (χ0n) is 10.7. The Morgan fingerprint density at radius 3 is 2.72 bits per heavy atom. The summed E-state index contributed by atoms with van der Waals surface area (Å²) in [7, 11) is 0. The number of carbonyl (C=O) groups is 1. The molecule has 4 heteroatoms. The van der Waals surface area contributed by atoms with Crippen LogP contribution in [0.4, 0.5) is 5.69 Å². The molecular weight excluding hydrogens is 292 g/mol. The Morgan fingerprint density at radius 2 is 2.17 bits per heavy atom. The van der Waals surface area contributed by atoms with Crippen molar-refractivity contribution in [3.63, 3.8) is 0 Å². The van der Waals surface area contributed by atoms with E-state index in [2.05, 4.69) is 22.9 Å². The van der Waals surface area contributed by atoms with Gasteiger partial charge in [-0.05, 0) is 43.4 Å². The van der Waals surface area contributed by atoms with Gasteiger partial charge in [0, 0.05) is 28.8 Å². The first kappa shape index (κ1) is 13.4. The molecule has 98 valence electrons. The van der Waals surface area contributed by atoms with Gasteiger partial charge in [-0.25, -0.2) is 0 Å². The lowest BCUT2D eigenvalue weighted by Gasteiger charge is -2.22. The maximum Gasteiger partial charge on any atom is 0.253 e. The standard InChI is InChI=1S/C14H19BrN2O/c1-2-5-17(9-10-3-4-10)14(18)11-6-12(15)8-13(16)7-11/h6-8,10H,2-5,9,16H2,1H3. The lowest BCUT2D eigenvalue weighted by Crippen LogP contribution is -2.33. The van der Waals surface area contributed by atoms with Crippen LogP contribution in [0.25, 0.3) is 0 Å². The molecule has 0 aliphatic heterocycles. The third kappa shape index (κ3) is 3.48. The van der Waals surface area contributed by atoms with Crippen LogP contribution in [0.15, 0.2) is 22.7 Å². The molecule has 18 heavy (non-hydrogen) atoms. The number of nitrogens with two attached hydrogens (primary N) is 1. The summed E-state index contributed by atoms with van der Waals surface area (Å²) >= 11 is 3.38.